The summed E-state index contributed by atoms with van der Waals surface area (Å²) < 4.78 is 27.8. The van der Waals surface area contributed by atoms with E-state index in [0.717, 1.165) is 19.3 Å². The predicted molar refractivity (Wildman–Crippen MR) is 67.5 cm³/mol. The second kappa shape index (κ2) is 5.65. The quantitative estimate of drug-likeness (QED) is 0.877. The van der Waals surface area contributed by atoms with Crippen molar-refractivity contribution in [3.8, 4) is 0 Å². The van der Waals surface area contributed by atoms with Crippen LogP contribution in [0.5, 0.6) is 0 Å². The summed E-state index contributed by atoms with van der Waals surface area (Å²) in [4.78, 5) is 1.79. The van der Waals surface area contributed by atoms with Crippen molar-refractivity contribution in [2.24, 2.45) is 5.92 Å². The number of halogens is 2. The first kappa shape index (κ1) is 13.3. The summed E-state index contributed by atoms with van der Waals surface area (Å²) in [6, 6.07) is 2.43. The van der Waals surface area contributed by atoms with Crippen LogP contribution in [0.4, 0.5) is 14.5 Å². The number of rotatable bonds is 2. The third kappa shape index (κ3) is 2.80. The Morgan fingerprint density at radius 2 is 1.89 bits per heavy atom. The maximum Gasteiger partial charge on any atom is 0.149 e. The van der Waals surface area contributed by atoms with Crippen LogP contribution >= 0.6 is 0 Å². The van der Waals surface area contributed by atoms with Gasteiger partial charge in [0.15, 0.2) is 0 Å². The zero-order valence-electron chi connectivity index (χ0n) is 10.6. The Kier molecular flexibility index (Phi) is 4.17. The zero-order valence-corrected chi connectivity index (χ0v) is 10.6. The molecule has 1 saturated heterocycles. The molecule has 0 aliphatic carbocycles. The predicted octanol–water partition coefficient (Wildman–Crippen LogP) is 3.08. The molecule has 1 aliphatic rings. The molecule has 1 N–H and O–H groups in total. The molecule has 1 aliphatic heterocycles. The van der Waals surface area contributed by atoms with Crippen LogP contribution in [-0.4, -0.2) is 18.2 Å². The van der Waals surface area contributed by atoms with E-state index >= 15 is 0 Å². The van der Waals surface area contributed by atoms with E-state index in [2.05, 4.69) is 6.92 Å². The molecule has 1 aromatic carbocycles. The normalized spacial score (nSPS) is 20.9. The lowest BCUT2D eigenvalue weighted by molar-refractivity contribution is 0.280. The number of hydrogen-bond acceptors (Lipinski definition) is 2. The second-order valence-electron chi connectivity index (χ2n) is 5.09. The van der Waals surface area contributed by atoms with E-state index in [4.69, 9.17) is 5.11 Å². The molecule has 0 saturated carbocycles. The Morgan fingerprint density at radius 1 is 1.22 bits per heavy atom. The van der Waals surface area contributed by atoms with Gasteiger partial charge >= 0.3 is 0 Å². The van der Waals surface area contributed by atoms with Crippen molar-refractivity contribution in [1.29, 1.82) is 0 Å². The summed E-state index contributed by atoms with van der Waals surface area (Å²) in [7, 11) is 0. The Bertz CT molecular complexity index is 399. The van der Waals surface area contributed by atoms with Gasteiger partial charge in [0.05, 0.1) is 6.61 Å². The van der Waals surface area contributed by atoms with Gasteiger partial charge in [0.1, 0.15) is 17.3 Å². The van der Waals surface area contributed by atoms with Crippen molar-refractivity contribution in [3.63, 3.8) is 0 Å². The van der Waals surface area contributed by atoms with E-state index < -0.39 is 11.6 Å². The van der Waals surface area contributed by atoms with Crippen LogP contribution in [0.2, 0.25) is 0 Å². The molecule has 2 nitrogen and oxygen atoms in total. The SMILES string of the molecule is CC1CCCN(c2c(F)cc(CO)cc2F)CC1. The van der Waals surface area contributed by atoms with Crippen LogP contribution in [0.3, 0.4) is 0 Å². The average Bonchev–Trinajstić information content (AvgIpc) is 2.53. The topological polar surface area (TPSA) is 23.5 Å². The molecule has 0 amide bonds. The van der Waals surface area contributed by atoms with Gasteiger partial charge < -0.3 is 10.0 Å². The molecular weight excluding hydrogens is 236 g/mol. The summed E-state index contributed by atoms with van der Waals surface area (Å²) in [5.74, 6) is -0.542. The molecule has 1 heterocycles. The number of aliphatic hydroxyl groups is 1. The Hall–Kier alpha value is -1.16. The van der Waals surface area contributed by atoms with Gasteiger partial charge in [-0.25, -0.2) is 8.78 Å². The fraction of sp³-hybridized carbons (Fsp3) is 0.571. The molecule has 1 atom stereocenters. The molecule has 18 heavy (non-hydrogen) atoms. The standard InChI is InChI=1S/C14H19F2NO/c1-10-3-2-5-17(6-4-10)14-12(15)7-11(9-18)8-13(14)16/h7-8,10,18H,2-6,9H2,1H3. The van der Waals surface area contributed by atoms with Crippen LogP contribution in [0.1, 0.15) is 31.7 Å². The molecule has 0 bridgehead atoms. The van der Waals surface area contributed by atoms with Gasteiger partial charge in [0.2, 0.25) is 0 Å². The zero-order chi connectivity index (χ0) is 13.1. The number of nitrogens with zero attached hydrogens (tertiary/aromatic N) is 1. The number of benzene rings is 1. The number of aliphatic hydroxyl groups excluding tert-OH is 1. The fourth-order valence-corrected chi connectivity index (χ4v) is 2.50. The first-order valence-corrected chi connectivity index (χ1v) is 6.45. The Balaban J connectivity index is 2.27. The minimum absolute atomic E-state index is 0.0568. The van der Waals surface area contributed by atoms with Gasteiger partial charge in [-0.15, -0.1) is 0 Å². The molecule has 1 aromatic rings. The monoisotopic (exact) mass is 255 g/mol. The van der Waals surface area contributed by atoms with Gasteiger partial charge in [-0.05, 0) is 42.9 Å². The van der Waals surface area contributed by atoms with Crippen LogP contribution in [0.15, 0.2) is 12.1 Å². The molecule has 0 aromatic heterocycles. The highest BCUT2D eigenvalue weighted by molar-refractivity contribution is 5.50. The van der Waals surface area contributed by atoms with Crippen molar-refractivity contribution in [2.75, 3.05) is 18.0 Å². The van der Waals surface area contributed by atoms with Crippen LogP contribution < -0.4 is 4.90 Å². The smallest absolute Gasteiger partial charge is 0.149 e. The van der Waals surface area contributed by atoms with Gasteiger partial charge in [-0.2, -0.15) is 0 Å². The highest BCUT2D eigenvalue weighted by Crippen LogP contribution is 2.28. The molecule has 2 rings (SSSR count). The molecule has 4 heteroatoms. The lowest BCUT2D eigenvalue weighted by Gasteiger charge is -2.24. The van der Waals surface area contributed by atoms with E-state index in [1.807, 2.05) is 0 Å². The molecule has 0 spiro atoms. The van der Waals surface area contributed by atoms with Crippen LogP contribution in [0, 0.1) is 17.6 Å². The van der Waals surface area contributed by atoms with E-state index in [0.29, 0.717) is 19.0 Å². The van der Waals surface area contributed by atoms with E-state index in [-0.39, 0.29) is 17.9 Å². The third-order valence-electron chi connectivity index (χ3n) is 3.59. The summed E-state index contributed by atoms with van der Waals surface area (Å²) >= 11 is 0. The Labute approximate surface area is 106 Å². The highest BCUT2D eigenvalue weighted by atomic mass is 19.1. The van der Waals surface area contributed by atoms with Crippen molar-refractivity contribution >= 4 is 5.69 Å². The van der Waals surface area contributed by atoms with E-state index in [1.165, 1.54) is 12.1 Å². The van der Waals surface area contributed by atoms with Gasteiger partial charge in [0.25, 0.3) is 0 Å². The summed E-state index contributed by atoms with van der Waals surface area (Å²) in [5.41, 5.74) is 0.332. The third-order valence-corrected chi connectivity index (χ3v) is 3.59. The Morgan fingerprint density at radius 3 is 2.50 bits per heavy atom. The molecule has 0 radical (unpaired) electrons. The molecule has 1 unspecified atom stereocenters. The lowest BCUT2D eigenvalue weighted by atomic mass is 10.0. The molecular formula is C14H19F2NO. The van der Waals surface area contributed by atoms with Gasteiger partial charge in [-0.1, -0.05) is 6.92 Å². The van der Waals surface area contributed by atoms with E-state index in [1.54, 1.807) is 4.90 Å². The van der Waals surface area contributed by atoms with Gasteiger partial charge in [0, 0.05) is 13.1 Å². The number of anilines is 1. The maximum atomic E-state index is 13.9. The average molecular weight is 255 g/mol. The summed E-state index contributed by atoms with van der Waals surface area (Å²) in [6.45, 7) is 3.21. The summed E-state index contributed by atoms with van der Waals surface area (Å²) in [6.07, 6.45) is 3.02. The second-order valence-corrected chi connectivity index (χ2v) is 5.09. The molecule has 100 valence electrons. The van der Waals surface area contributed by atoms with Gasteiger partial charge in [-0.3, -0.25) is 0 Å². The first-order valence-electron chi connectivity index (χ1n) is 6.45. The lowest BCUT2D eigenvalue weighted by Crippen LogP contribution is -2.26. The van der Waals surface area contributed by atoms with E-state index in [9.17, 15) is 8.78 Å². The van der Waals surface area contributed by atoms with Crippen molar-refractivity contribution in [2.45, 2.75) is 32.8 Å². The number of hydrogen-bond donors (Lipinski definition) is 1. The first-order chi connectivity index (χ1) is 8.61. The largest absolute Gasteiger partial charge is 0.392 e. The minimum Gasteiger partial charge on any atom is -0.392 e. The maximum absolute atomic E-state index is 13.9. The van der Waals surface area contributed by atoms with Crippen molar-refractivity contribution in [1.82, 2.24) is 0 Å². The fourth-order valence-electron chi connectivity index (χ4n) is 2.50. The van der Waals surface area contributed by atoms with Crippen molar-refractivity contribution < 1.29 is 13.9 Å². The van der Waals surface area contributed by atoms with Crippen LogP contribution in [-0.2, 0) is 6.61 Å². The minimum atomic E-state index is -0.575. The van der Waals surface area contributed by atoms with Crippen molar-refractivity contribution in [3.05, 3.63) is 29.3 Å². The molecule has 1 fully saturated rings. The highest BCUT2D eigenvalue weighted by Gasteiger charge is 2.20. The van der Waals surface area contributed by atoms with Crippen LogP contribution in [0.25, 0.3) is 0 Å². The summed E-state index contributed by atoms with van der Waals surface area (Å²) in [5, 5.41) is 8.92.